The van der Waals surface area contributed by atoms with E-state index in [1.165, 1.54) is 30.4 Å². The molecule has 0 spiro atoms. The lowest BCUT2D eigenvalue weighted by Crippen LogP contribution is -2.33. The minimum atomic E-state index is -0.0278. The van der Waals surface area contributed by atoms with E-state index in [1.807, 2.05) is 6.92 Å². The molecule has 19 heavy (non-hydrogen) atoms. The molecule has 0 aromatic heterocycles. The molecular weight excluding hydrogens is 234 g/mol. The van der Waals surface area contributed by atoms with Crippen molar-refractivity contribution in [2.75, 3.05) is 6.61 Å². The Kier molecular flexibility index (Phi) is 5.00. The molecule has 1 aliphatic carbocycles. The number of hydrogen-bond acceptors (Lipinski definition) is 2. The quantitative estimate of drug-likeness (QED) is 0.839. The lowest BCUT2D eigenvalue weighted by Gasteiger charge is -2.30. The number of benzene rings is 1. The minimum absolute atomic E-state index is 0.0278. The Morgan fingerprint density at radius 2 is 2.05 bits per heavy atom. The molecule has 0 bridgehead atoms. The maximum atomic E-state index is 6.43. The van der Waals surface area contributed by atoms with Crippen molar-refractivity contribution in [2.45, 2.75) is 58.1 Å². The molecule has 1 aliphatic rings. The molecule has 1 aromatic carbocycles. The van der Waals surface area contributed by atoms with Gasteiger partial charge >= 0.3 is 0 Å². The summed E-state index contributed by atoms with van der Waals surface area (Å²) in [5, 5.41) is 0. The molecule has 1 fully saturated rings. The van der Waals surface area contributed by atoms with E-state index in [2.05, 4.69) is 38.1 Å². The molecule has 0 heterocycles. The number of hydrogen-bond donors (Lipinski definition) is 1. The topological polar surface area (TPSA) is 35.2 Å². The SMILES string of the molecule is CCOC(C(C)C)C(N)c1cccc(C2CCC2)c1. The lowest BCUT2D eigenvalue weighted by molar-refractivity contribution is 0.0121. The standard InChI is InChI=1S/C17H27NO/c1-4-19-17(12(2)3)16(18)15-10-6-9-14(11-15)13-7-5-8-13/h6,9-13,16-17H,4-5,7-8,18H2,1-3H3. The van der Waals surface area contributed by atoms with Crippen LogP contribution in [0.1, 0.15) is 63.1 Å². The van der Waals surface area contributed by atoms with E-state index in [4.69, 9.17) is 10.5 Å². The Balaban J connectivity index is 2.14. The summed E-state index contributed by atoms with van der Waals surface area (Å²) in [4.78, 5) is 0. The highest BCUT2D eigenvalue weighted by atomic mass is 16.5. The molecule has 2 nitrogen and oxygen atoms in total. The van der Waals surface area contributed by atoms with Gasteiger partial charge in [-0.05, 0) is 42.7 Å². The fourth-order valence-corrected chi connectivity index (χ4v) is 2.85. The van der Waals surface area contributed by atoms with Crippen molar-refractivity contribution in [3.05, 3.63) is 35.4 Å². The van der Waals surface area contributed by atoms with E-state index < -0.39 is 0 Å². The van der Waals surface area contributed by atoms with Gasteiger partial charge < -0.3 is 10.5 Å². The smallest absolute Gasteiger partial charge is 0.0790 e. The van der Waals surface area contributed by atoms with E-state index in [0.717, 1.165) is 12.5 Å². The third-order valence-corrected chi connectivity index (χ3v) is 4.24. The Hall–Kier alpha value is -0.860. The summed E-state index contributed by atoms with van der Waals surface area (Å²) in [6, 6.07) is 8.79. The Labute approximate surface area is 117 Å². The van der Waals surface area contributed by atoms with Gasteiger partial charge in [-0.2, -0.15) is 0 Å². The predicted molar refractivity (Wildman–Crippen MR) is 80.2 cm³/mol. The predicted octanol–water partition coefficient (Wildman–Crippen LogP) is 4.02. The first kappa shape index (κ1) is 14.5. The summed E-state index contributed by atoms with van der Waals surface area (Å²) in [6.45, 7) is 7.11. The third-order valence-electron chi connectivity index (χ3n) is 4.24. The minimum Gasteiger partial charge on any atom is -0.376 e. The average molecular weight is 261 g/mol. The third kappa shape index (κ3) is 3.37. The zero-order valence-electron chi connectivity index (χ0n) is 12.4. The number of ether oxygens (including phenoxy) is 1. The highest BCUT2D eigenvalue weighted by molar-refractivity contribution is 5.30. The van der Waals surface area contributed by atoms with Gasteiger partial charge in [-0.3, -0.25) is 0 Å². The van der Waals surface area contributed by atoms with Crippen molar-refractivity contribution in [1.82, 2.24) is 0 Å². The zero-order chi connectivity index (χ0) is 13.8. The first-order chi connectivity index (χ1) is 9.13. The van der Waals surface area contributed by atoms with Crippen LogP contribution in [0.5, 0.6) is 0 Å². The van der Waals surface area contributed by atoms with E-state index in [-0.39, 0.29) is 12.1 Å². The van der Waals surface area contributed by atoms with Gasteiger partial charge in [-0.1, -0.05) is 44.5 Å². The zero-order valence-corrected chi connectivity index (χ0v) is 12.4. The molecule has 2 heteroatoms. The van der Waals surface area contributed by atoms with Gasteiger partial charge in [0, 0.05) is 6.61 Å². The van der Waals surface area contributed by atoms with Crippen LogP contribution in [0.15, 0.2) is 24.3 Å². The summed E-state index contributed by atoms with van der Waals surface area (Å²) < 4.78 is 5.84. The Bertz CT molecular complexity index is 398. The Morgan fingerprint density at radius 1 is 1.32 bits per heavy atom. The summed E-state index contributed by atoms with van der Waals surface area (Å²) in [5.74, 6) is 1.19. The molecule has 2 rings (SSSR count). The van der Waals surface area contributed by atoms with Crippen LogP contribution in [0.2, 0.25) is 0 Å². The molecule has 2 unspecified atom stereocenters. The number of nitrogens with two attached hydrogens (primary N) is 1. The van der Waals surface area contributed by atoms with Crippen molar-refractivity contribution >= 4 is 0 Å². The van der Waals surface area contributed by atoms with E-state index >= 15 is 0 Å². The van der Waals surface area contributed by atoms with Crippen LogP contribution >= 0.6 is 0 Å². The second-order valence-electron chi connectivity index (χ2n) is 5.99. The average Bonchev–Trinajstić information content (AvgIpc) is 2.33. The van der Waals surface area contributed by atoms with Gasteiger partial charge in [-0.15, -0.1) is 0 Å². The van der Waals surface area contributed by atoms with Crippen LogP contribution < -0.4 is 5.73 Å². The van der Waals surface area contributed by atoms with Crippen LogP contribution in [-0.4, -0.2) is 12.7 Å². The van der Waals surface area contributed by atoms with Crippen LogP contribution in [-0.2, 0) is 4.74 Å². The summed E-state index contributed by atoms with van der Waals surface area (Å²) >= 11 is 0. The van der Waals surface area contributed by atoms with E-state index in [0.29, 0.717) is 5.92 Å². The van der Waals surface area contributed by atoms with E-state index in [1.54, 1.807) is 0 Å². The summed E-state index contributed by atoms with van der Waals surface area (Å²) in [5.41, 5.74) is 9.11. The molecule has 2 N–H and O–H groups in total. The largest absolute Gasteiger partial charge is 0.376 e. The second-order valence-corrected chi connectivity index (χ2v) is 5.99. The van der Waals surface area contributed by atoms with Crippen LogP contribution in [0.4, 0.5) is 0 Å². The van der Waals surface area contributed by atoms with Gasteiger partial charge in [0.1, 0.15) is 0 Å². The highest BCUT2D eigenvalue weighted by Crippen LogP contribution is 2.37. The van der Waals surface area contributed by atoms with Gasteiger partial charge in [0.25, 0.3) is 0 Å². The van der Waals surface area contributed by atoms with Crippen LogP contribution in [0.25, 0.3) is 0 Å². The molecule has 1 saturated carbocycles. The fraction of sp³-hybridized carbons (Fsp3) is 0.647. The molecule has 2 atom stereocenters. The maximum Gasteiger partial charge on any atom is 0.0790 e. The molecule has 1 aromatic rings. The maximum absolute atomic E-state index is 6.43. The Morgan fingerprint density at radius 3 is 2.58 bits per heavy atom. The molecule has 106 valence electrons. The normalized spacial score (nSPS) is 19.2. The van der Waals surface area contributed by atoms with Gasteiger partial charge in [-0.25, -0.2) is 0 Å². The first-order valence-electron chi connectivity index (χ1n) is 7.60. The molecule has 0 aliphatic heterocycles. The van der Waals surface area contributed by atoms with E-state index in [9.17, 15) is 0 Å². The highest BCUT2D eigenvalue weighted by Gasteiger charge is 2.25. The molecule has 0 amide bonds. The molecule has 0 radical (unpaired) electrons. The lowest BCUT2D eigenvalue weighted by atomic mass is 9.79. The van der Waals surface area contributed by atoms with Gasteiger partial charge in [0.05, 0.1) is 12.1 Å². The van der Waals surface area contributed by atoms with Crippen LogP contribution in [0, 0.1) is 5.92 Å². The molecular formula is C17H27NO. The van der Waals surface area contributed by atoms with Crippen molar-refractivity contribution in [3.63, 3.8) is 0 Å². The fourth-order valence-electron chi connectivity index (χ4n) is 2.85. The van der Waals surface area contributed by atoms with Crippen molar-refractivity contribution < 1.29 is 4.74 Å². The summed E-state index contributed by atoms with van der Waals surface area (Å²) in [7, 11) is 0. The molecule has 0 saturated heterocycles. The van der Waals surface area contributed by atoms with Crippen molar-refractivity contribution in [3.8, 4) is 0 Å². The van der Waals surface area contributed by atoms with Crippen LogP contribution in [0.3, 0.4) is 0 Å². The second kappa shape index (κ2) is 6.53. The summed E-state index contributed by atoms with van der Waals surface area (Å²) in [6.07, 6.45) is 4.13. The number of rotatable bonds is 6. The first-order valence-corrected chi connectivity index (χ1v) is 7.60. The van der Waals surface area contributed by atoms with Crippen molar-refractivity contribution in [1.29, 1.82) is 0 Å². The monoisotopic (exact) mass is 261 g/mol. The van der Waals surface area contributed by atoms with Crippen molar-refractivity contribution in [2.24, 2.45) is 11.7 Å². The van der Waals surface area contributed by atoms with Gasteiger partial charge in [0.2, 0.25) is 0 Å². The van der Waals surface area contributed by atoms with Gasteiger partial charge in [0.15, 0.2) is 0 Å².